The Kier molecular flexibility index (Phi) is 6.15. The second-order valence-corrected chi connectivity index (χ2v) is 8.04. The van der Waals surface area contributed by atoms with E-state index < -0.39 is 17.7 Å². The van der Waals surface area contributed by atoms with Crippen molar-refractivity contribution in [2.45, 2.75) is 58.0 Å². The van der Waals surface area contributed by atoms with Gasteiger partial charge in [-0.05, 0) is 38.3 Å². The summed E-state index contributed by atoms with van der Waals surface area (Å²) in [4.78, 5) is 26.6. The number of carbonyl (C=O) groups is 2. The number of ether oxygens (including phenoxy) is 2. The molecule has 2 aromatic carbocycles. The highest BCUT2D eigenvalue weighted by Crippen LogP contribution is 2.28. The molecular weight excluding hydrogens is 354 g/mol. The number of carbonyl (C=O) groups excluding carboxylic acids is 2. The summed E-state index contributed by atoms with van der Waals surface area (Å²) in [6, 6.07) is 19.2. The highest BCUT2D eigenvalue weighted by molar-refractivity contribution is 5.95. The maximum absolute atomic E-state index is 12.7. The molecule has 1 saturated heterocycles. The van der Waals surface area contributed by atoms with Crippen molar-refractivity contribution in [2.75, 3.05) is 0 Å². The van der Waals surface area contributed by atoms with Gasteiger partial charge in [-0.15, -0.1) is 0 Å². The summed E-state index contributed by atoms with van der Waals surface area (Å²) in [5.74, 6) is -0.256. The van der Waals surface area contributed by atoms with E-state index in [1.807, 2.05) is 60.7 Å². The van der Waals surface area contributed by atoms with Gasteiger partial charge in [0.05, 0.1) is 25.2 Å². The lowest BCUT2D eigenvalue weighted by atomic mass is 10.0. The fraction of sp³-hybridized carbons (Fsp3) is 0.391. The zero-order valence-corrected chi connectivity index (χ0v) is 16.6. The molecule has 0 saturated carbocycles. The summed E-state index contributed by atoms with van der Waals surface area (Å²) in [7, 11) is 0. The fourth-order valence-electron chi connectivity index (χ4n) is 3.33. The second kappa shape index (κ2) is 8.57. The Bertz CT molecular complexity index is 798. The van der Waals surface area contributed by atoms with Crippen LogP contribution in [0.1, 0.15) is 38.3 Å². The Labute approximate surface area is 166 Å². The van der Waals surface area contributed by atoms with Crippen molar-refractivity contribution < 1.29 is 19.1 Å². The van der Waals surface area contributed by atoms with Gasteiger partial charge < -0.3 is 9.47 Å². The molecule has 0 radical (unpaired) electrons. The summed E-state index contributed by atoms with van der Waals surface area (Å²) in [5, 5.41) is 0. The van der Waals surface area contributed by atoms with E-state index in [4.69, 9.17) is 9.47 Å². The van der Waals surface area contributed by atoms with Crippen LogP contribution in [0.2, 0.25) is 0 Å². The fourth-order valence-corrected chi connectivity index (χ4v) is 3.33. The van der Waals surface area contributed by atoms with Gasteiger partial charge in [-0.1, -0.05) is 60.7 Å². The average Bonchev–Trinajstić information content (AvgIpc) is 2.95. The van der Waals surface area contributed by atoms with E-state index in [1.165, 1.54) is 4.90 Å². The highest BCUT2D eigenvalue weighted by Gasteiger charge is 2.45. The Hall–Kier alpha value is -2.66. The van der Waals surface area contributed by atoms with E-state index in [-0.39, 0.29) is 18.4 Å². The van der Waals surface area contributed by atoms with E-state index in [0.29, 0.717) is 13.0 Å². The minimum absolute atomic E-state index is 0.170. The Morgan fingerprint density at radius 3 is 2.14 bits per heavy atom. The summed E-state index contributed by atoms with van der Waals surface area (Å²) >= 11 is 0. The molecule has 1 aliphatic heterocycles. The molecule has 5 nitrogen and oxygen atoms in total. The molecule has 0 N–H and O–H groups in total. The molecule has 0 unspecified atom stereocenters. The van der Waals surface area contributed by atoms with Gasteiger partial charge in [0.1, 0.15) is 5.60 Å². The molecule has 5 heteroatoms. The van der Waals surface area contributed by atoms with E-state index in [1.54, 1.807) is 20.8 Å². The van der Waals surface area contributed by atoms with E-state index in [0.717, 1.165) is 11.1 Å². The van der Waals surface area contributed by atoms with Crippen molar-refractivity contribution in [1.29, 1.82) is 0 Å². The van der Waals surface area contributed by atoms with Crippen LogP contribution < -0.4 is 0 Å². The monoisotopic (exact) mass is 381 g/mol. The van der Waals surface area contributed by atoms with Gasteiger partial charge in [0.15, 0.2) is 0 Å². The molecule has 148 valence electrons. The van der Waals surface area contributed by atoms with Crippen molar-refractivity contribution in [1.82, 2.24) is 4.90 Å². The van der Waals surface area contributed by atoms with Crippen molar-refractivity contribution >= 4 is 12.0 Å². The van der Waals surface area contributed by atoms with Crippen molar-refractivity contribution in [3.8, 4) is 0 Å². The first kappa shape index (κ1) is 20.1. The molecule has 1 aliphatic rings. The van der Waals surface area contributed by atoms with Gasteiger partial charge in [-0.3, -0.25) is 4.79 Å². The van der Waals surface area contributed by atoms with Crippen LogP contribution in [0.5, 0.6) is 0 Å². The zero-order chi connectivity index (χ0) is 20.1. The summed E-state index contributed by atoms with van der Waals surface area (Å²) in [6.07, 6.45) is -0.279. The van der Waals surface area contributed by atoms with Gasteiger partial charge in [0, 0.05) is 0 Å². The largest absolute Gasteiger partial charge is 0.443 e. The SMILES string of the molecule is CC(C)(C)OC(=O)N1C(=O)C[C@H](OCc2ccccc2)[C@@H]1Cc1ccccc1. The number of hydrogen-bond acceptors (Lipinski definition) is 4. The van der Waals surface area contributed by atoms with Crippen LogP contribution in [0.25, 0.3) is 0 Å². The number of hydrogen-bond donors (Lipinski definition) is 0. The maximum Gasteiger partial charge on any atom is 0.417 e. The van der Waals surface area contributed by atoms with Crippen LogP contribution in [0, 0.1) is 0 Å². The molecule has 1 fully saturated rings. The van der Waals surface area contributed by atoms with Crippen LogP contribution in [0.3, 0.4) is 0 Å². The molecule has 0 aliphatic carbocycles. The van der Waals surface area contributed by atoms with Crippen LogP contribution in [-0.4, -0.2) is 34.6 Å². The molecule has 1 heterocycles. The summed E-state index contributed by atoms with van der Waals surface area (Å²) in [6.45, 7) is 5.77. The average molecular weight is 381 g/mol. The Balaban J connectivity index is 1.79. The van der Waals surface area contributed by atoms with Gasteiger partial charge in [-0.2, -0.15) is 0 Å². The third-order valence-corrected chi connectivity index (χ3v) is 4.59. The molecule has 3 rings (SSSR count). The number of likely N-dealkylation sites (tertiary alicyclic amines) is 1. The standard InChI is InChI=1S/C23H27NO4/c1-23(2,3)28-22(26)24-19(14-17-10-6-4-7-11-17)20(15-21(24)25)27-16-18-12-8-5-9-13-18/h4-13,19-20H,14-16H2,1-3H3/t19-,20-/m0/s1. The minimum atomic E-state index is -0.669. The third-order valence-electron chi connectivity index (χ3n) is 4.59. The normalized spacial score (nSPS) is 19.7. The van der Waals surface area contributed by atoms with Crippen molar-refractivity contribution in [2.24, 2.45) is 0 Å². The topological polar surface area (TPSA) is 55.8 Å². The van der Waals surface area contributed by atoms with Gasteiger partial charge in [-0.25, -0.2) is 9.69 Å². The van der Waals surface area contributed by atoms with Crippen molar-refractivity contribution in [3.05, 3.63) is 71.8 Å². The molecule has 2 atom stereocenters. The number of amides is 2. The molecule has 28 heavy (non-hydrogen) atoms. The van der Waals surface area contributed by atoms with E-state index in [2.05, 4.69) is 0 Å². The lowest BCUT2D eigenvalue weighted by Crippen LogP contribution is -2.45. The summed E-state index contributed by atoms with van der Waals surface area (Å²) < 4.78 is 11.6. The van der Waals surface area contributed by atoms with Crippen LogP contribution in [0.15, 0.2) is 60.7 Å². The third kappa shape index (κ3) is 5.20. The lowest BCUT2D eigenvalue weighted by Gasteiger charge is -2.29. The van der Waals surface area contributed by atoms with E-state index in [9.17, 15) is 9.59 Å². The highest BCUT2D eigenvalue weighted by atomic mass is 16.6. The predicted molar refractivity (Wildman–Crippen MR) is 107 cm³/mol. The second-order valence-electron chi connectivity index (χ2n) is 8.04. The first-order valence-corrected chi connectivity index (χ1v) is 9.58. The van der Waals surface area contributed by atoms with E-state index >= 15 is 0 Å². The van der Waals surface area contributed by atoms with Crippen LogP contribution >= 0.6 is 0 Å². The lowest BCUT2D eigenvalue weighted by molar-refractivity contribution is -0.128. The molecule has 2 amide bonds. The number of rotatable bonds is 5. The number of imide groups is 1. The predicted octanol–water partition coefficient (Wildman–Crippen LogP) is 4.35. The zero-order valence-electron chi connectivity index (χ0n) is 16.6. The minimum Gasteiger partial charge on any atom is -0.443 e. The maximum atomic E-state index is 12.7. The molecule has 2 aromatic rings. The summed E-state index contributed by atoms with van der Waals surface area (Å²) in [5.41, 5.74) is 1.41. The smallest absolute Gasteiger partial charge is 0.417 e. The van der Waals surface area contributed by atoms with Gasteiger partial charge in [0.2, 0.25) is 5.91 Å². The molecule has 0 aromatic heterocycles. The van der Waals surface area contributed by atoms with Gasteiger partial charge in [0.25, 0.3) is 0 Å². The molecule has 0 bridgehead atoms. The Morgan fingerprint density at radius 2 is 1.57 bits per heavy atom. The van der Waals surface area contributed by atoms with Crippen molar-refractivity contribution in [3.63, 3.8) is 0 Å². The first-order valence-electron chi connectivity index (χ1n) is 9.58. The quantitative estimate of drug-likeness (QED) is 0.773. The Morgan fingerprint density at radius 1 is 1.00 bits per heavy atom. The number of nitrogens with zero attached hydrogens (tertiary/aromatic N) is 1. The van der Waals surface area contributed by atoms with Crippen LogP contribution in [-0.2, 0) is 27.3 Å². The van der Waals surface area contributed by atoms with Gasteiger partial charge >= 0.3 is 6.09 Å². The molecular formula is C23H27NO4. The first-order chi connectivity index (χ1) is 13.3. The number of benzene rings is 2. The van der Waals surface area contributed by atoms with Crippen LogP contribution in [0.4, 0.5) is 4.79 Å². The molecule has 0 spiro atoms.